The standard InChI is InChI=1S/C21H21NO6/c1-13(23)15-8-10-19(24)17(11-15)16(9-7-14-5-3-2-4-6-14)18-12-20(25)27-22-28-21(18)26/h2-6,8,10-13,16,22-24H,7,9H2,1H3. The molecule has 0 fully saturated rings. The molecule has 1 aliphatic rings. The largest absolute Gasteiger partial charge is 0.508 e. The highest BCUT2D eigenvalue weighted by molar-refractivity contribution is 5.98. The van der Waals surface area contributed by atoms with Gasteiger partial charge in [0.05, 0.1) is 11.7 Å². The van der Waals surface area contributed by atoms with Crippen LogP contribution in [0, 0.1) is 0 Å². The van der Waals surface area contributed by atoms with E-state index in [0.717, 1.165) is 11.6 Å². The Hall–Kier alpha value is -3.16. The summed E-state index contributed by atoms with van der Waals surface area (Å²) in [5.41, 5.74) is 3.96. The normalized spacial score (nSPS) is 16.4. The molecule has 1 heterocycles. The van der Waals surface area contributed by atoms with E-state index in [1.807, 2.05) is 36.0 Å². The molecule has 2 aromatic rings. The first-order valence-electron chi connectivity index (χ1n) is 8.89. The minimum atomic E-state index is -0.781. The van der Waals surface area contributed by atoms with Crippen LogP contribution in [-0.4, -0.2) is 22.2 Å². The summed E-state index contributed by atoms with van der Waals surface area (Å²) in [6, 6.07) is 14.4. The van der Waals surface area contributed by atoms with Crippen molar-refractivity contribution in [2.75, 3.05) is 0 Å². The zero-order valence-corrected chi connectivity index (χ0v) is 15.3. The number of hydrogen-bond acceptors (Lipinski definition) is 7. The fourth-order valence-electron chi connectivity index (χ4n) is 3.16. The van der Waals surface area contributed by atoms with Crippen molar-refractivity contribution in [3.05, 3.63) is 76.9 Å². The molecule has 2 atom stereocenters. The number of carbonyl (C=O) groups excluding carboxylic acids is 2. The van der Waals surface area contributed by atoms with Crippen molar-refractivity contribution in [3.8, 4) is 5.75 Å². The number of benzene rings is 2. The van der Waals surface area contributed by atoms with Gasteiger partial charge in [-0.2, -0.15) is 0 Å². The van der Waals surface area contributed by atoms with Gasteiger partial charge in [0.1, 0.15) is 5.75 Å². The molecule has 0 bridgehead atoms. The molecule has 3 rings (SSSR count). The number of phenolic OH excluding ortho intramolecular Hbond substituents is 1. The fraction of sp³-hybridized carbons (Fsp3) is 0.238. The van der Waals surface area contributed by atoms with E-state index in [-0.39, 0.29) is 11.3 Å². The van der Waals surface area contributed by atoms with Gasteiger partial charge < -0.3 is 19.9 Å². The minimum absolute atomic E-state index is 0.0401. The summed E-state index contributed by atoms with van der Waals surface area (Å²) in [4.78, 5) is 33.5. The average molecular weight is 383 g/mol. The molecule has 2 aromatic carbocycles. The van der Waals surface area contributed by atoms with E-state index < -0.39 is 24.0 Å². The molecular weight excluding hydrogens is 362 g/mol. The van der Waals surface area contributed by atoms with Gasteiger partial charge in [-0.25, -0.2) is 9.59 Å². The van der Waals surface area contributed by atoms with Gasteiger partial charge in [-0.05, 0) is 43.0 Å². The van der Waals surface area contributed by atoms with Crippen LogP contribution in [0.15, 0.2) is 60.2 Å². The molecule has 0 amide bonds. The molecule has 2 unspecified atom stereocenters. The van der Waals surface area contributed by atoms with Gasteiger partial charge >= 0.3 is 11.9 Å². The molecular formula is C21H21NO6. The summed E-state index contributed by atoms with van der Waals surface area (Å²) in [5.74, 6) is -2.23. The first-order valence-corrected chi connectivity index (χ1v) is 8.89. The maximum atomic E-state index is 12.4. The van der Waals surface area contributed by atoms with E-state index >= 15 is 0 Å². The molecule has 0 aliphatic carbocycles. The molecule has 146 valence electrons. The number of hydrogen-bond donors (Lipinski definition) is 3. The Kier molecular flexibility index (Phi) is 6.08. The van der Waals surface area contributed by atoms with Gasteiger partial charge in [-0.3, -0.25) is 0 Å². The smallest absolute Gasteiger partial charge is 0.357 e. The van der Waals surface area contributed by atoms with Crippen molar-refractivity contribution >= 4 is 11.9 Å². The second-order valence-corrected chi connectivity index (χ2v) is 6.56. The molecule has 7 heteroatoms. The van der Waals surface area contributed by atoms with Gasteiger partial charge in [0.25, 0.3) is 0 Å². The van der Waals surface area contributed by atoms with Gasteiger partial charge in [-0.1, -0.05) is 36.4 Å². The fourth-order valence-corrected chi connectivity index (χ4v) is 3.16. The number of phenols is 1. The maximum Gasteiger partial charge on any atom is 0.357 e. The third-order valence-corrected chi connectivity index (χ3v) is 4.64. The van der Waals surface area contributed by atoms with Crippen LogP contribution in [0.1, 0.15) is 42.1 Å². The highest BCUT2D eigenvalue weighted by atomic mass is 16.9. The van der Waals surface area contributed by atoms with Crippen LogP contribution in [0.4, 0.5) is 0 Å². The molecule has 0 saturated heterocycles. The number of rotatable bonds is 6. The monoisotopic (exact) mass is 383 g/mol. The van der Waals surface area contributed by atoms with Crippen LogP contribution in [0.25, 0.3) is 0 Å². The number of aromatic hydroxyl groups is 1. The van der Waals surface area contributed by atoms with E-state index in [1.54, 1.807) is 19.1 Å². The summed E-state index contributed by atoms with van der Waals surface area (Å²) in [6.45, 7) is 1.61. The Morgan fingerprint density at radius 3 is 2.54 bits per heavy atom. The molecule has 0 spiro atoms. The van der Waals surface area contributed by atoms with Crippen molar-refractivity contribution < 1.29 is 29.5 Å². The summed E-state index contributed by atoms with van der Waals surface area (Å²) >= 11 is 0. The van der Waals surface area contributed by atoms with E-state index in [2.05, 4.69) is 4.84 Å². The number of aliphatic hydroxyl groups is 1. The molecule has 28 heavy (non-hydrogen) atoms. The quantitative estimate of drug-likeness (QED) is 0.704. The Morgan fingerprint density at radius 2 is 1.82 bits per heavy atom. The second kappa shape index (κ2) is 8.69. The topological polar surface area (TPSA) is 105 Å². The lowest BCUT2D eigenvalue weighted by atomic mass is 9.84. The van der Waals surface area contributed by atoms with Gasteiger partial charge in [0, 0.05) is 23.2 Å². The summed E-state index contributed by atoms with van der Waals surface area (Å²) < 4.78 is 0. The first-order chi connectivity index (χ1) is 13.5. The lowest BCUT2D eigenvalue weighted by Gasteiger charge is -2.21. The lowest BCUT2D eigenvalue weighted by molar-refractivity contribution is -0.189. The summed E-state index contributed by atoms with van der Waals surface area (Å²) in [5, 5.41) is 20.4. The number of carbonyl (C=O) groups is 2. The zero-order chi connectivity index (χ0) is 20.1. The second-order valence-electron chi connectivity index (χ2n) is 6.56. The molecule has 0 radical (unpaired) electrons. The summed E-state index contributed by atoms with van der Waals surface area (Å²) in [7, 11) is 0. The molecule has 0 aromatic heterocycles. The molecule has 0 saturated carbocycles. The van der Waals surface area contributed by atoms with Crippen molar-refractivity contribution in [1.29, 1.82) is 0 Å². The Balaban J connectivity index is 2.02. The van der Waals surface area contributed by atoms with Crippen molar-refractivity contribution in [2.45, 2.75) is 31.8 Å². The number of aryl methyl sites for hydroxylation is 1. The van der Waals surface area contributed by atoms with E-state index in [9.17, 15) is 19.8 Å². The van der Waals surface area contributed by atoms with Crippen LogP contribution in [0.2, 0.25) is 0 Å². The van der Waals surface area contributed by atoms with Crippen LogP contribution in [0.3, 0.4) is 0 Å². The Bertz CT molecular complexity index is 891. The van der Waals surface area contributed by atoms with Crippen LogP contribution >= 0.6 is 0 Å². The molecule has 1 aliphatic heterocycles. The predicted octanol–water partition coefficient (Wildman–Crippen LogP) is 2.61. The van der Waals surface area contributed by atoms with Crippen molar-refractivity contribution in [2.24, 2.45) is 0 Å². The van der Waals surface area contributed by atoms with Crippen molar-refractivity contribution in [1.82, 2.24) is 5.64 Å². The maximum absolute atomic E-state index is 12.4. The lowest BCUT2D eigenvalue weighted by Crippen LogP contribution is -2.21. The SMILES string of the molecule is CC(O)c1ccc(O)c(C(CCc2ccccc2)C2=CC(=O)ONOC2=O)c1. The van der Waals surface area contributed by atoms with Crippen LogP contribution in [-0.2, 0) is 25.7 Å². The van der Waals surface area contributed by atoms with Gasteiger partial charge in [0.2, 0.25) is 0 Å². The van der Waals surface area contributed by atoms with Gasteiger partial charge in [-0.15, -0.1) is 0 Å². The Labute approximate surface area is 162 Å². The zero-order valence-electron chi connectivity index (χ0n) is 15.3. The van der Waals surface area contributed by atoms with E-state index in [1.165, 1.54) is 6.07 Å². The summed E-state index contributed by atoms with van der Waals surface area (Å²) in [6.07, 6.45) is 1.33. The average Bonchev–Trinajstić information content (AvgIpc) is 2.84. The molecule has 3 N–H and O–H groups in total. The Morgan fingerprint density at radius 1 is 1.07 bits per heavy atom. The minimum Gasteiger partial charge on any atom is -0.508 e. The first kappa shape index (κ1) is 19.6. The van der Waals surface area contributed by atoms with E-state index in [4.69, 9.17) is 4.84 Å². The highest BCUT2D eigenvalue weighted by Gasteiger charge is 2.30. The van der Waals surface area contributed by atoms with Crippen molar-refractivity contribution in [3.63, 3.8) is 0 Å². The number of aliphatic hydroxyl groups excluding tert-OH is 1. The third kappa shape index (κ3) is 4.57. The predicted molar refractivity (Wildman–Crippen MR) is 99.6 cm³/mol. The van der Waals surface area contributed by atoms with E-state index in [0.29, 0.717) is 24.0 Å². The van der Waals surface area contributed by atoms with Crippen LogP contribution in [0.5, 0.6) is 5.75 Å². The van der Waals surface area contributed by atoms with Gasteiger partial charge in [0.15, 0.2) is 0 Å². The molecule has 7 nitrogen and oxygen atoms in total. The van der Waals surface area contributed by atoms with Crippen LogP contribution < -0.4 is 5.64 Å². The number of nitrogens with one attached hydrogen (secondary N) is 1. The third-order valence-electron chi connectivity index (χ3n) is 4.64. The highest BCUT2D eigenvalue weighted by Crippen LogP contribution is 2.37.